The van der Waals surface area contributed by atoms with Crippen LogP contribution in [-0.2, 0) is 4.74 Å². The summed E-state index contributed by atoms with van der Waals surface area (Å²) in [6.07, 6.45) is -1.65. The van der Waals surface area contributed by atoms with Crippen LogP contribution in [0, 0.1) is 0 Å². The number of anilines is 1. The van der Waals surface area contributed by atoms with Gasteiger partial charge in [0.25, 0.3) is 0 Å². The fourth-order valence-electron chi connectivity index (χ4n) is 2.66. The second-order valence-electron chi connectivity index (χ2n) is 5.23. The van der Waals surface area contributed by atoms with Gasteiger partial charge in [-0.05, 0) is 28.9 Å². The third kappa shape index (κ3) is 2.04. The van der Waals surface area contributed by atoms with Crippen LogP contribution in [0.25, 0.3) is 5.52 Å². The van der Waals surface area contributed by atoms with Crippen molar-refractivity contribution < 1.29 is 20.1 Å². The van der Waals surface area contributed by atoms with E-state index in [0.717, 1.165) is 0 Å². The number of aliphatic hydroxyl groups excluding tert-OH is 2. The number of ether oxygens (including phenoxy) is 1. The van der Waals surface area contributed by atoms with E-state index in [2.05, 4.69) is 26.0 Å². The fraction of sp³-hybridized carbons (Fsp3) is 0.500. The van der Waals surface area contributed by atoms with Crippen molar-refractivity contribution in [3.8, 4) is 0 Å². The molecule has 0 aliphatic carbocycles. The molecule has 3 rings (SSSR count). The van der Waals surface area contributed by atoms with Crippen LogP contribution in [0.5, 0.6) is 0 Å². The van der Waals surface area contributed by atoms with E-state index < -0.39 is 30.5 Å². The monoisotopic (exact) mass is 358 g/mol. The molecule has 2 aromatic heterocycles. The van der Waals surface area contributed by atoms with E-state index in [1.165, 1.54) is 17.8 Å². The van der Waals surface area contributed by atoms with Crippen LogP contribution in [-0.4, -0.2) is 54.3 Å². The number of nitrogen functional groups attached to an aromatic ring is 1. The predicted octanol–water partition coefficient (Wildman–Crippen LogP) is -0.382. The summed E-state index contributed by atoms with van der Waals surface area (Å²) in [5.74, 6) is 0.278. The average molecular weight is 359 g/mol. The number of nitrogens with zero attached hydrogens (tertiary/aromatic N) is 3. The Kier molecular flexibility index (Phi) is 3.41. The van der Waals surface area contributed by atoms with Gasteiger partial charge in [0.2, 0.25) is 0 Å². The molecule has 0 bridgehead atoms. The van der Waals surface area contributed by atoms with Crippen LogP contribution >= 0.6 is 15.9 Å². The van der Waals surface area contributed by atoms with Gasteiger partial charge in [-0.3, -0.25) is 0 Å². The third-order valence-corrected chi connectivity index (χ3v) is 4.41. The lowest BCUT2D eigenvalue weighted by Gasteiger charge is -2.26. The van der Waals surface area contributed by atoms with Gasteiger partial charge >= 0.3 is 0 Å². The van der Waals surface area contributed by atoms with E-state index in [1.54, 1.807) is 6.07 Å². The maximum absolute atomic E-state index is 10.5. The number of aliphatic hydroxyl groups is 3. The van der Waals surface area contributed by atoms with Crippen LogP contribution in [0.15, 0.2) is 16.9 Å². The van der Waals surface area contributed by atoms with E-state index in [1.807, 2.05) is 0 Å². The van der Waals surface area contributed by atoms with Crippen molar-refractivity contribution in [2.75, 3.05) is 12.3 Å². The first kappa shape index (κ1) is 14.7. The van der Waals surface area contributed by atoms with E-state index in [0.29, 0.717) is 15.7 Å². The second kappa shape index (κ2) is 4.89. The van der Waals surface area contributed by atoms with Crippen LogP contribution in [0.1, 0.15) is 18.7 Å². The molecule has 114 valence electrons. The molecule has 0 saturated carbocycles. The van der Waals surface area contributed by atoms with Gasteiger partial charge < -0.3 is 25.8 Å². The number of aromatic nitrogens is 3. The van der Waals surface area contributed by atoms with Gasteiger partial charge in [-0.25, -0.2) is 9.50 Å². The van der Waals surface area contributed by atoms with Gasteiger partial charge in [-0.1, -0.05) is 0 Å². The predicted molar refractivity (Wildman–Crippen MR) is 76.4 cm³/mol. The lowest BCUT2D eigenvalue weighted by Crippen LogP contribution is -2.43. The lowest BCUT2D eigenvalue weighted by molar-refractivity contribution is -0.0664. The summed E-state index contributed by atoms with van der Waals surface area (Å²) in [4.78, 5) is 3.91. The zero-order chi connectivity index (χ0) is 15.4. The molecule has 5 N–H and O–H groups in total. The first-order valence-electron chi connectivity index (χ1n) is 6.32. The van der Waals surface area contributed by atoms with Crippen LogP contribution in [0.4, 0.5) is 5.82 Å². The standard InChI is InChI=1S/C12H15BrN4O4/c1-12(20)9(19)7(3-18)21-10(12)6-2-5(13)8-11(14)15-4-16-17(6)8/h2,4,7,9-10,18-20H,3H2,1H3,(H2,14,15,16)/t7-,9-,10+,12-/m1/s1. The molecule has 3 heterocycles. The number of fused-ring (bicyclic) bond motifs is 1. The highest BCUT2D eigenvalue weighted by Gasteiger charge is 2.53. The number of nitrogens with two attached hydrogens (primary N) is 1. The van der Waals surface area contributed by atoms with Crippen LogP contribution in [0.2, 0.25) is 0 Å². The molecule has 9 heteroatoms. The Hall–Kier alpha value is -1.26. The van der Waals surface area contributed by atoms with Crippen molar-refractivity contribution >= 4 is 27.3 Å². The normalized spacial score (nSPS) is 32.9. The Morgan fingerprint density at radius 3 is 2.90 bits per heavy atom. The van der Waals surface area contributed by atoms with Gasteiger partial charge in [0.1, 0.15) is 35.8 Å². The fourth-order valence-corrected chi connectivity index (χ4v) is 3.27. The van der Waals surface area contributed by atoms with Crippen molar-refractivity contribution in [2.45, 2.75) is 30.8 Å². The molecule has 1 aliphatic rings. The molecular weight excluding hydrogens is 344 g/mol. The molecule has 0 amide bonds. The maximum atomic E-state index is 10.5. The number of halogens is 1. The summed E-state index contributed by atoms with van der Waals surface area (Å²) >= 11 is 3.37. The third-order valence-electron chi connectivity index (χ3n) is 3.80. The highest BCUT2D eigenvalue weighted by atomic mass is 79.9. The minimum atomic E-state index is -1.57. The lowest BCUT2D eigenvalue weighted by atomic mass is 9.91. The van der Waals surface area contributed by atoms with Crippen molar-refractivity contribution in [2.24, 2.45) is 0 Å². The molecule has 21 heavy (non-hydrogen) atoms. The first-order valence-corrected chi connectivity index (χ1v) is 7.11. The highest BCUT2D eigenvalue weighted by molar-refractivity contribution is 9.10. The van der Waals surface area contributed by atoms with E-state index >= 15 is 0 Å². The zero-order valence-electron chi connectivity index (χ0n) is 11.1. The second-order valence-corrected chi connectivity index (χ2v) is 6.08. The minimum absolute atomic E-state index is 0.278. The molecule has 1 aliphatic heterocycles. The smallest absolute Gasteiger partial charge is 0.152 e. The summed E-state index contributed by atoms with van der Waals surface area (Å²) in [6, 6.07) is 1.70. The number of rotatable bonds is 2. The van der Waals surface area contributed by atoms with Crippen LogP contribution in [0.3, 0.4) is 0 Å². The van der Waals surface area contributed by atoms with E-state index in [9.17, 15) is 15.3 Å². The van der Waals surface area contributed by atoms with Gasteiger partial charge in [-0.15, -0.1) is 0 Å². The van der Waals surface area contributed by atoms with E-state index in [-0.39, 0.29) is 5.82 Å². The zero-order valence-corrected chi connectivity index (χ0v) is 12.7. The first-order chi connectivity index (χ1) is 9.87. The summed E-state index contributed by atoms with van der Waals surface area (Å²) in [6.45, 7) is 1.06. The largest absolute Gasteiger partial charge is 0.394 e. The molecule has 0 unspecified atom stereocenters. The molecule has 1 fully saturated rings. The number of hydrogen-bond acceptors (Lipinski definition) is 7. The Morgan fingerprint density at radius 2 is 2.29 bits per heavy atom. The van der Waals surface area contributed by atoms with Gasteiger partial charge in [0, 0.05) is 4.47 Å². The molecule has 8 nitrogen and oxygen atoms in total. The topological polar surface area (TPSA) is 126 Å². The highest BCUT2D eigenvalue weighted by Crippen LogP contribution is 2.43. The Labute approximate surface area is 128 Å². The van der Waals surface area contributed by atoms with Crippen molar-refractivity contribution in [3.05, 3.63) is 22.6 Å². The van der Waals surface area contributed by atoms with Crippen molar-refractivity contribution in [1.29, 1.82) is 0 Å². The quantitative estimate of drug-likeness (QED) is 0.576. The van der Waals surface area contributed by atoms with Crippen molar-refractivity contribution in [1.82, 2.24) is 14.6 Å². The minimum Gasteiger partial charge on any atom is -0.394 e. The van der Waals surface area contributed by atoms with Gasteiger partial charge in [-0.2, -0.15) is 5.10 Å². The maximum Gasteiger partial charge on any atom is 0.152 e. The van der Waals surface area contributed by atoms with Crippen LogP contribution < -0.4 is 5.73 Å². The molecule has 0 aromatic carbocycles. The van der Waals surface area contributed by atoms with Gasteiger partial charge in [0.05, 0.1) is 12.3 Å². The molecule has 4 atom stereocenters. The Balaban J connectivity index is 2.15. The summed E-state index contributed by atoms with van der Waals surface area (Å²) in [5, 5.41) is 33.9. The summed E-state index contributed by atoms with van der Waals surface area (Å²) in [5.41, 5.74) is 5.31. The molecule has 0 spiro atoms. The van der Waals surface area contributed by atoms with Crippen molar-refractivity contribution in [3.63, 3.8) is 0 Å². The molecular formula is C12H15BrN4O4. The molecule has 2 aromatic rings. The Bertz CT molecular complexity index is 689. The van der Waals surface area contributed by atoms with Gasteiger partial charge in [0.15, 0.2) is 5.82 Å². The molecule has 1 saturated heterocycles. The summed E-state index contributed by atoms with van der Waals surface area (Å²) < 4.78 is 7.74. The SMILES string of the molecule is C[C@@]1(O)[C@H](O)[C@@H](CO)O[C@H]1c1cc(Br)c2c(N)ncnn12. The summed E-state index contributed by atoms with van der Waals surface area (Å²) in [7, 11) is 0. The Morgan fingerprint density at radius 1 is 1.57 bits per heavy atom. The number of hydrogen-bond donors (Lipinski definition) is 4. The van der Waals surface area contributed by atoms with E-state index in [4.69, 9.17) is 10.5 Å². The average Bonchev–Trinajstić information content (AvgIpc) is 2.87. The molecule has 0 radical (unpaired) electrons.